The molecule has 0 saturated heterocycles. The van der Waals surface area contributed by atoms with Gasteiger partial charge in [-0.2, -0.15) is 0 Å². The first-order valence-corrected chi connectivity index (χ1v) is 6.75. The molecule has 0 fully saturated rings. The maximum absolute atomic E-state index is 6.31. The Bertz CT molecular complexity index is 452. The lowest BCUT2D eigenvalue weighted by atomic mass is 9.87. The minimum atomic E-state index is 0.180. The van der Waals surface area contributed by atoms with Crippen LogP contribution < -0.4 is 10.6 Å². The van der Waals surface area contributed by atoms with E-state index in [9.17, 15) is 0 Å². The first-order chi connectivity index (χ1) is 8.14. The number of hydrogen-bond donors (Lipinski definition) is 1. The molecular weight excluding hydrogens is 264 g/mol. The highest BCUT2D eigenvalue weighted by Gasteiger charge is 2.25. The molecule has 0 amide bonds. The zero-order valence-electron chi connectivity index (χ0n) is 11.6. The van der Waals surface area contributed by atoms with E-state index in [1.807, 2.05) is 18.2 Å². The Morgan fingerprint density at radius 2 is 1.94 bits per heavy atom. The van der Waals surface area contributed by atoms with Gasteiger partial charge in [0.25, 0.3) is 0 Å². The van der Waals surface area contributed by atoms with Crippen molar-refractivity contribution < 1.29 is 0 Å². The molecule has 0 aliphatic heterocycles. The number of hydrogen-bond acceptors (Lipinski definition) is 2. The number of rotatable bonds is 3. The van der Waals surface area contributed by atoms with Gasteiger partial charge in [-0.05, 0) is 30.5 Å². The quantitative estimate of drug-likeness (QED) is 0.855. The minimum absolute atomic E-state index is 0.180. The molecule has 0 radical (unpaired) electrons. The number of thiocarbonyl (C=S) groups is 1. The Hall–Kier alpha value is -0.800. The van der Waals surface area contributed by atoms with Crippen molar-refractivity contribution >= 4 is 34.5 Å². The van der Waals surface area contributed by atoms with Crippen LogP contribution in [0.25, 0.3) is 0 Å². The van der Waals surface area contributed by atoms with Crippen LogP contribution in [0.2, 0.25) is 5.02 Å². The predicted octanol–water partition coefficient (Wildman–Crippen LogP) is 3.85. The molecular formula is C14H21ClN2S. The predicted molar refractivity (Wildman–Crippen MR) is 84.7 cm³/mol. The summed E-state index contributed by atoms with van der Waals surface area (Å²) < 4.78 is 0. The zero-order valence-corrected chi connectivity index (χ0v) is 13.2. The highest BCUT2D eigenvalue weighted by atomic mass is 35.5. The Morgan fingerprint density at radius 3 is 2.33 bits per heavy atom. The fourth-order valence-electron chi connectivity index (χ4n) is 1.74. The summed E-state index contributed by atoms with van der Waals surface area (Å²) >= 11 is 11.3. The average Bonchev–Trinajstić information content (AvgIpc) is 2.25. The van der Waals surface area contributed by atoms with Gasteiger partial charge in [0.1, 0.15) is 4.99 Å². The van der Waals surface area contributed by atoms with Gasteiger partial charge in [-0.25, -0.2) is 0 Å². The highest BCUT2D eigenvalue weighted by molar-refractivity contribution is 7.80. The number of anilines is 1. The molecule has 1 atom stereocenters. The van der Waals surface area contributed by atoms with Crippen molar-refractivity contribution in [1.29, 1.82) is 0 Å². The first kappa shape index (κ1) is 15.3. The van der Waals surface area contributed by atoms with Crippen molar-refractivity contribution in [2.75, 3.05) is 11.9 Å². The Balaban J connectivity index is 3.08. The molecule has 1 aromatic rings. The summed E-state index contributed by atoms with van der Waals surface area (Å²) in [5.74, 6) is 0. The van der Waals surface area contributed by atoms with Crippen molar-refractivity contribution in [1.82, 2.24) is 0 Å². The van der Waals surface area contributed by atoms with Gasteiger partial charge in [0, 0.05) is 18.7 Å². The third kappa shape index (κ3) is 3.36. The van der Waals surface area contributed by atoms with Gasteiger partial charge in [0.05, 0.1) is 10.7 Å². The van der Waals surface area contributed by atoms with Crippen LogP contribution >= 0.6 is 23.8 Å². The van der Waals surface area contributed by atoms with E-state index in [-0.39, 0.29) is 5.41 Å². The van der Waals surface area contributed by atoms with E-state index in [2.05, 4.69) is 39.6 Å². The summed E-state index contributed by atoms with van der Waals surface area (Å²) in [7, 11) is 2.05. The standard InChI is InChI=1S/C14H21ClN2S/c1-9(14(2,3)4)17(5)12-7-6-10(13(16)18)8-11(12)15/h6-9H,1-5H3,(H2,16,18). The van der Waals surface area contributed by atoms with Gasteiger partial charge in [0.15, 0.2) is 0 Å². The van der Waals surface area contributed by atoms with E-state index >= 15 is 0 Å². The van der Waals surface area contributed by atoms with Crippen molar-refractivity contribution in [2.45, 2.75) is 33.7 Å². The van der Waals surface area contributed by atoms with E-state index in [1.165, 1.54) is 0 Å². The third-order valence-electron chi connectivity index (χ3n) is 3.45. The van der Waals surface area contributed by atoms with Crippen LogP contribution in [0, 0.1) is 5.41 Å². The number of nitrogens with two attached hydrogens (primary N) is 1. The second-order valence-electron chi connectivity index (χ2n) is 5.68. The molecule has 0 heterocycles. The molecule has 0 aromatic heterocycles. The second-order valence-corrected chi connectivity index (χ2v) is 6.53. The van der Waals surface area contributed by atoms with Crippen LogP contribution in [0.5, 0.6) is 0 Å². The molecule has 1 unspecified atom stereocenters. The molecule has 0 bridgehead atoms. The molecule has 0 aliphatic rings. The fraction of sp³-hybridized carbons (Fsp3) is 0.500. The molecule has 4 heteroatoms. The van der Waals surface area contributed by atoms with Crippen LogP contribution in [0.1, 0.15) is 33.3 Å². The summed E-state index contributed by atoms with van der Waals surface area (Å²) in [5, 5.41) is 0.680. The van der Waals surface area contributed by atoms with Gasteiger partial charge in [-0.1, -0.05) is 44.6 Å². The molecule has 2 nitrogen and oxygen atoms in total. The SMILES string of the molecule is CC(N(C)c1ccc(C(N)=S)cc1Cl)C(C)(C)C. The van der Waals surface area contributed by atoms with Gasteiger partial charge >= 0.3 is 0 Å². The first-order valence-electron chi connectivity index (χ1n) is 5.96. The largest absolute Gasteiger partial charge is 0.389 e. The molecule has 18 heavy (non-hydrogen) atoms. The van der Waals surface area contributed by atoms with E-state index in [4.69, 9.17) is 29.6 Å². The van der Waals surface area contributed by atoms with Crippen LogP contribution in [0.3, 0.4) is 0 Å². The smallest absolute Gasteiger partial charge is 0.104 e. The lowest BCUT2D eigenvalue weighted by Crippen LogP contribution is -2.39. The summed E-state index contributed by atoms with van der Waals surface area (Å²) in [6.07, 6.45) is 0. The Labute approximate surface area is 120 Å². The topological polar surface area (TPSA) is 29.3 Å². The third-order valence-corrected chi connectivity index (χ3v) is 3.98. The fourth-order valence-corrected chi connectivity index (χ4v) is 2.18. The van der Waals surface area contributed by atoms with E-state index in [0.717, 1.165) is 11.3 Å². The molecule has 0 saturated carbocycles. The maximum atomic E-state index is 6.31. The molecule has 1 rings (SSSR count). The van der Waals surface area contributed by atoms with Crippen LogP contribution in [0.4, 0.5) is 5.69 Å². The van der Waals surface area contributed by atoms with Gasteiger partial charge in [0.2, 0.25) is 0 Å². The summed E-state index contributed by atoms with van der Waals surface area (Å²) in [5.41, 5.74) is 7.58. The lowest BCUT2D eigenvalue weighted by molar-refractivity contribution is 0.330. The molecule has 0 aliphatic carbocycles. The lowest BCUT2D eigenvalue weighted by Gasteiger charge is -2.37. The molecule has 0 spiro atoms. The van der Waals surface area contributed by atoms with Crippen LogP contribution in [0.15, 0.2) is 18.2 Å². The van der Waals surface area contributed by atoms with E-state index in [0.29, 0.717) is 16.1 Å². The van der Waals surface area contributed by atoms with Crippen LogP contribution in [-0.2, 0) is 0 Å². The number of benzene rings is 1. The van der Waals surface area contributed by atoms with Gasteiger partial charge < -0.3 is 10.6 Å². The van der Waals surface area contributed by atoms with Crippen molar-refractivity contribution in [3.8, 4) is 0 Å². The Kier molecular flexibility index (Phi) is 4.62. The van der Waals surface area contributed by atoms with E-state index < -0.39 is 0 Å². The number of nitrogens with zero attached hydrogens (tertiary/aromatic N) is 1. The minimum Gasteiger partial charge on any atom is -0.389 e. The monoisotopic (exact) mass is 284 g/mol. The maximum Gasteiger partial charge on any atom is 0.104 e. The molecule has 1 aromatic carbocycles. The zero-order chi connectivity index (χ0) is 14.1. The number of halogens is 1. The van der Waals surface area contributed by atoms with Crippen molar-refractivity contribution in [3.05, 3.63) is 28.8 Å². The second kappa shape index (κ2) is 5.45. The van der Waals surface area contributed by atoms with Crippen LogP contribution in [-0.4, -0.2) is 18.1 Å². The normalized spacial score (nSPS) is 13.2. The van der Waals surface area contributed by atoms with Crippen molar-refractivity contribution in [2.24, 2.45) is 11.1 Å². The average molecular weight is 285 g/mol. The van der Waals surface area contributed by atoms with Gasteiger partial charge in [-0.3, -0.25) is 0 Å². The molecule has 100 valence electrons. The summed E-state index contributed by atoms with van der Waals surface area (Å²) in [4.78, 5) is 2.56. The van der Waals surface area contributed by atoms with Gasteiger partial charge in [-0.15, -0.1) is 0 Å². The molecule has 2 N–H and O–H groups in total. The summed E-state index contributed by atoms with van der Waals surface area (Å²) in [6, 6.07) is 6.07. The van der Waals surface area contributed by atoms with E-state index in [1.54, 1.807) is 0 Å². The highest BCUT2D eigenvalue weighted by Crippen LogP contribution is 2.32. The Morgan fingerprint density at radius 1 is 1.39 bits per heavy atom. The van der Waals surface area contributed by atoms with Crippen molar-refractivity contribution in [3.63, 3.8) is 0 Å². The summed E-state index contributed by atoms with van der Waals surface area (Å²) in [6.45, 7) is 8.83.